The predicted octanol–water partition coefficient (Wildman–Crippen LogP) is 0.391. The Labute approximate surface area is 175 Å². The van der Waals surface area contributed by atoms with E-state index in [-0.39, 0.29) is 24.3 Å². The number of H-pyrrole nitrogens is 1. The smallest absolute Gasteiger partial charge is 0.263 e. The maximum absolute atomic E-state index is 14.7. The van der Waals surface area contributed by atoms with Crippen molar-refractivity contribution in [3.8, 4) is 0 Å². The van der Waals surface area contributed by atoms with Crippen LogP contribution >= 0.6 is 0 Å². The number of piperidine rings is 3. The van der Waals surface area contributed by atoms with Gasteiger partial charge in [0, 0.05) is 31.5 Å². The summed E-state index contributed by atoms with van der Waals surface area (Å²) in [6, 6.07) is 1.36. The van der Waals surface area contributed by atoms with Crippen LogP contribution < -0.4 is 15.5 Å². The molecular weight excluding hydrogens is 393 g/mol. The maximum atomic E-state index is 14.7. The molecule has 4 rings (SSSR count). The summed E-state index contributed by atoms with van der Waals surface area (Å²) in [5, 5.41) is 12.6. The van der Waals surface area contributed by atoms with Crippen molar-refractivity contribution in [1.82, 2.24) is 20.4 Å². The molecule has 3 saturated heterocycles. The average molecular weight is 422 g/mol. The second kappa shape index (κ2) is 8.53. The Kier molecular flexibility index (Phi) is 5.99. The Morgan fingerprint density at radius 2 is 1.97 bits per heavy atom. The first-order valence-electron chi connectivity index (χ1n) is 10.9. The summed E-state index contributed by atoms with van der Waals surface area (Å²) in [5.41, 5.74) is 0. The highest BCUT2D eigenvalue weighted by Crippen LogP contribution is 2.42. The minimum Gasteiger partial charge on any atom is -0.359 e. The van der Waals surface area contributed by atoms with Gasteiger partial charge in [-0.1, -0.05) is 0 Å². The Morgan fingerprint density at radius 3 is 2.63 bits per heavy atom. The van der Waals surface area contributed by atoms with Crippen LogP contribution in [0.25, 0.3) is 0 Å². The van der Waals surface area contributed by atoms with E-state index in [1.807, 2.05) is 18.8 Å². The van der Waals surface area contributed by atoms with Crippen LogP contribution in [0.5, 0.6) is 0 Å². The van der Waals surface area contributed by atoms with Gasteiger partial charge in [0.05, 0.1) is 6.54 Å². The molecule has 30 heavy (non-hydrogen) atoms. The van der Waals surface area contributed by atoms with Crippen LogP contribution in [-0.2, 0) is 9.59 Å². The molecule has 3 aliphatic heterocycles. The van der Waals surface area contributed by atoms with E-state index in [0.717, 1.165) is 25.2 Å². The van der Waals surface area contributed by atoms with Gasteiger partial charge in [-0.25, -0.2) is 8.78 Å². The fourth-order valence-electron chi connectivity index (χ4n) is 4.97. The van der Waals surface area contributed by atoms with E-state index in [9.17, 15) is 18.4 Å². The molecule has 0 spiro atoms. The Hall–Kier alpha value is -2.17. The maximum Gasteiger partial charge on any atom is 0.263 e. The van der Waals surface area contributed by atoms with Gasteiger partial charge in [0.15, 0.2) is 5.82 Å². The lowest BCUT2D eigenvalue weighted by Gasteiger charge is -2.44. The third-order valence-corrected chi connectivity index (χ3v) is 6.75. The van der Waals surface area contributed by atoms with Crippen LogP contribution in [0.3, 0.4) is 0 Å². The molecule has 2 amide bonds. The van der Waals surface area contributed by atoms with E-state index in [2.05, 4.69) is 25.7 Å². The number of nitrogens with zero attached hydrogens (tertiary/aromatic N) is 3. The molecule has 2 unspecified atom stereocenters. The van der Waals surface area contributed by atoms with Crippen molar-refractivity contribution in [3.05, 3.63) is 6.07 Å². The first kappa shape index (κ1) is 21.1. The van der Waals surface area contributed by atoms with Gasteiger partial charge in [0.1, 0.15) is 19.7 Å². The number of rotatable bonds is 5. The Balaban J connectivity index is 1.31. The second-order valence-corrected chi connectivity index (χ2v) is 8.64. The van der Waals surface area contributed by atoms with E-state index in [1.54, 1.807) is 0 Å². The fraction of sp³-hybridized carbons (Fsp3) is 0.737. The lowest BCUT2D eigenvalue weighted by atomic mass is 9.76. The minimum absolute atomic E-state index is 0.0373. The predicted molar refractivity (Wildman–Crippen MR) is 111 cm³/mol. The van der Waals surface area contributed by atoms with Crippen molar-refractivity contribution in [2.45, 2.75) is 44.1 Å². The zero-order valence-electron chi connectivity index (χ0n) is 17.3. The highest BCUT2D eigenvalue weighted by molar-refractivity contribution is 6.08. The van der Waals surface area contributed by atoms with Crippen molar-refractivity contribution in [2.24, 2.45) is 11.8 Å². The van der Waals surface area contributed by atoms with E-state index >= 15 is 0 Å². The zero-order chi connectivity index (χ0) is 21.3. The molecule has 2 atom stereocenters. The zero-order valence-corrected chi connectivity index (χ0v) is 17.3. The van der Waals surface area contributed by atoms with Crippen LogP contribution in [0.15, 0.2) is 6.07 Å². The third-order valence-electron chi connectivity index (χ3n) is 6.75. The SMILES string of the molecule is BCN1CCC(C2CCN(c3cc(NC4CCC(=O)NC4=O)[nH]n3)CC2)C(F)(F)C1. The molecule has 164 valence electrons. The molecule has 0 radical (unpaired) electrons. The van der Waals surface area contributed by atoms with E-state index in [4.69, 9.17) is 0 Å². The molecular formula is C19H29BF2N6O2. The monoisotopic (exact) mass is 422 g/mol. The van der Waals surface area contributed by atoms with Crippen molar-refractivity contribution < 1.29 is 18.4 Å². The summed E-state index contributed by atoms with van der Waals surface area (Å²) in [4.78, 5) is 27.1. The van der Waals surface area contributed by atoms with Crippen LogP contribution in [0, 0.1) is 11.8 Å². The molecule has 0 aliphatic carbocycles. The molecule has 8 nitrogen and oxygen atoms in total. The number of likely N-dealkylation sites (tertiary alicyclic amines) is 1. The van der Waals surface area contributed by atoms with Gasteiger partial charge >= 0.3 is 0 Å². The van der Waals surface area contributed by atoms with Crippen LogP contribution in [0.1, 0.15) is 32.1 Å². The van der Waals surface area contributed by atoms with Crippen molar-refractivity contribution in [2.75, 3.05) is 42.8 Å². The summed E-state index contributed by atoms with van der Waals surface area (Å²) in [5.74, 6) is -2.35. The van der Waals surface area contributed by atoms with Gasteiger partial charge in [-0.15, -0.1) is 0 Å². The number of anilines is 2. The van der Waals surface area contributed by atoms with Gasteiger partial charge in [-0.2, -0.15) is 5.10 Å². The number of nitrogens with one attached hydrogen (secondary N) is 3. The molecule has 0 saturated carbocycles. The molecule has 0 aromatic carbocycles. The van der Waals surface area contributed by atoms with Gasteiger partial charge in [0.25, 0.3) is 5.92 Å². The molecule has 11 heteroatoms. The lowest BCUT2D eigenvalue weighted by molar-refractivity contribution is -0.133. The second-order valence-electron chi connectivity index (χ2n) is 8.64. The minimum atomic E-state index is -2.62. The Morgan fingerprint density at radius 1 is 1.20 bits per heavy atom. The number of aromatic nitrogens is 2. The molecule has 1 aromatic heterocycles. The van der Waals surface area contributed by atoms with Crippen LogP contribution in [0.4, 0.5) is 20.4 Å². The normalized spacial score (nSPS) is 28.4. The number of amides is 2. The number of imide groups is 1. The summed E-state index contributed by atoms with van der Waals surface area (Å²) in [6.45, 7) is 2.02. The lowest BCUT2D eigenvalue weighted by Crippen LogP contribution is -2.52. The topological polar surface area (TPSA) is 93.4 Å². The highest BCUT2D eigenvalue weighted by Gasteiger charge is 2.48. The van der Waals surface area contributed by atoms with Crippen molar-refractivity contribution >= 4 is 31.3 Å². The molecule has 3 aliphatic rings. The van der Waals surface area contributed by atoms with E-state index in [1.165, 1.54) is 0 Å². The molecule has 3 N–H and O–H groups in total. The first-order chi connectivity index (χ1) is 14.4. The van der Waals surface area contributed by atoms with E-state index < -0.39 is 17.9 Å². The first-order valence-corrected chi connectivity index (χ1v) is 10.9. The number of alkyl halides is 2. The molecule has 4 heterocycles. The standard InChI is InChI=1S/C19H29BF2N6O2/c20-11-27-6-5-13(19(21,22)10-27)12-3-7-28(8-4-12)16-9-15(25-26-16)23-14-1-2-17(29)24-18(14)30/h9,12-14H,1-8,10-11,20H2,(H2,23,25,26)(H,24,29,30). The molecule has 3 fully saturated rings. The largest absolute Gasteiger partial charge is 0.359 e. The average Bonchev–Trinajstić information content (AvgIpc) is 3.18. The number of carbonyl (C=O) groups excluding carboxylic acids is 2. The highest BCUT2D eigenvalue weighted by atomic mass is 19.3. The number of halogens is 2. The summed E-state index contributed by atoms with van der Waals surface area (Å²) >= 11 is 0. The van der Waals surface area contributed by atoms with Gasteiger partial charge < -0.3 is 15.1 Å². The van der Waals surface area contributed by atoms with Crippen molar-refractivity contribution in [1.29, 1.82) is 0 Å². The quantitative estimate of drug-likeness (QED) is 0.470. The summed E-state index contributed by atoms with van der Waals surface area (Å²) < 4.78 is 29.3. The number of carbonyl (C=O) groups is 2. The van der Waals surface area contributed by atoms with Crippen LogP contribution in [0.2, 0.25) is 0 Å². The van der Waals surface area contributed by atoms with Crippen LogP contribution in [-0.4, -0.2) is 79.3 Å². The summed E-state index contributed by atoms with van der Waals surface area (Å²) in [7, 11) is 1.93. The summed E-state index contributed by atoms with van der Waals surface area (Å²) in [6.07, 6.45) is 3.45. The van der Waals surface area contributed by atoms with Crippen molar-refractivity contribution in [3.63, 3.8) is 0 Å². The number of hydrogen-bond donors (Lipinski definition) is 3. The fourth-order valence-corrected chi connectivity index (χ4v) is 4.97. The third kappa shape index (κ3) is 4.45. The number of hydrogen-bond acceptors (Lipinski definition) is 6. The molecule has 1 aromatic rings. The van der Waals surface area contributed by atoms with E-state index in [0.29, 0.717) is 44.6 Å². The Bertz CT molecular complexity index is 783. The van der Waals surface area contributed by atoms with Gasteiger partial charge in [-0.3, -0.25) is 20.0 Å². The van der Waals surface area contributed by atoms with Gasteiger partial charge in [0.2, 0.25) is 11.8 Å². The molecule has 0 bridgehead atoms. The van der Waals surface area contributed by atoms with Gasteiger partial charge in [-0.05, 0) is 44.6 Å². The number of aromatic amines is 1.